The van der Waals surface area contributed by atoms with Gasteiger partial charge < -0.3 is 5.32 Å². The Kier molecular flexibility index (Phi) is 3.79. The maximum Gasteiger partial charge on any atom is 0.156 e. The van der Waals surface area contributed by atoms with Crippen LogP contribution in [0, 0.1) is 0 Å². The zero-order chi connectivity index (χ0) is 13.8. The summed E-state index contributed by atoms with van der Waals surface area (Å²) in [5, 5.41) is 13.7. The monoisotopic (exact) mass is 283 g/mol. The zero-order valence-electron chi connectivity index (χ0n) is 10.9. The third-order valence-corrected chi connectivity index (χ3v) is 3.48. The van der Waals surface area contributed by atoms with E-state index in [1.54, 1.807) is 6.20 Å². The van der Waals surface area contributed by atoms with Gasteiger partial charge in [-0.2, -0.15) is 5.10 Å². The van der Waals surface area contributed by atoms with Gasteiger partial charge >= 0.3 is 0 Å². The molecule has 4 heteroatoms. The molecule has 3 nitrogen and oxygen atoms in total. The van der Waals surface area contributed by atoms with Crippen LogP contribution in [0.5, 0.6) is 0 Å². The number of nitrogens with one attached hydrogen (secondary N) is 1. The van der Waals surface area contributed by atoms with Crippen molar-refractivity contribution in [3.8, 4) is 0 Å². The molecule has 1 N–H and O–H groups in total. The molecule has 1 aromatic heterocycles. The number of rotatable bonds is 4. The first kappa shape index (κ1) is 12.9. The van der Waals surface area contributed by atoms with Gasteiger partial charge in [-0.1, -0.05) is 48.5 Å². The maximum atomic E-state index is 5.85. The van der Waals surface area contributed by atoms with Crippen molar-refractivity contribution in [1.29, 1.82) is 0 Å². The Balaban J connectivity index is 1.83. The summed E-state index contributed by atoms with van der Waals surface area (Å²) in [6.07, 6.45) is 1.77. The first-order chi connectivity index (χ1) is 9.86. The smallest absolute Gasteiger partial charge is 0.156 e. The highest BCUT2D eigenvalue weighted by Gasteiger charge is 2.02. The van der Waals surface area contributed by atoms with Crippen LogP contribution in [0.15, 0.2) is 54.7 Å². The van der Waals surface area contributed by atoms with E-state index in [2.05, 4.69) is 27.6 Å². The van der Waals surface area contributed by atoms with E-state index in [-0.39, 0.29) is 0 Å². The van der Waals surface area contributed by atoms with E-state index in [0.717, 1.165) is 22.2 Å². The molecule has 3 aromatic rings. The summed E-state index contributed by atoms with van der Waals surface area (Å²) in [6, 6.07) is 16.3. The van der Waals surface area contributed by atoms with Crippen molar-refractivity contribution in [2.75, 3.05) is 5.32 Å². The number of halogens is 1. The van der Waals surface area contributed by atoms with Gasteiger partial charge in [0.05, 0.1) is 6.20 Å². The topological polar surface area (TPSA) is 37.8 Å². The van der Waals surface area contributed by atoms with Crippen LogP contribution in [-0.2, 0) is 12.4 Å². The summed E-state index contributed by atoms with van der Waals surface area (Å²) in [5.41, 5.74) is 2.30. The Hall–Kier alpha value is -2.13. The van der Waals surface area contributed by atoms with Crippen LogP contribution in [0.25, 0.3) is 10.8 Å². The van der Waals surface area contributed by atoms with Gasteiger partial charge in [-0.05, 0) is 11.1 Å². The first-order valence-electron chi connectivity index (χ1n) is 6.45. The van der Waals surface area contributed by atoms with Crippen molar-refractivity contribution in [2.45, 2.75) is 12.4 Å². The maximum absolute atomic E-state index is 5.85. The molecule has 0 aliphatic heterocycles. The van der Waals surface area contributed by atoms with Gasteiger partial charge in [0.1, 0.15) is 0 Å². The number of alkyl halides is 1. The minimum atomic E-state index is 0.530. The Morgan fingerprint density at radius 3 is 2.75 bits per heavy atom. The lowest BCUT2D eigenvalue weighted by Crippen LogP contribution is -2.03. The molecule has 0 saturated heterocycles. The molecule has 0 amide bonds. The molecule has 1 heterocycles. The average molecular weight is 284 g/mol. The van der Waals surface area contributed by atoms with Crippen molar-refractivity contribution in [3.63, 3.8) is 0 Å². The van der Waals surface area contributed by atoms with E-state index in [1.165, 1.54) is 5.56 Å². The first-order valence-corrected chi connectivity index (χ1v) is 6.98. The van der Waals surface area contributed by atoms with E-state index in [1.807, 2.05) is 36.4 Å². The van der Waals surface area contributed by atoms with Crippen LogP contribution in [0.1, 0.15) is 11.1 Å². The second-order valence-electron chi connectivity index (χ2n) is 4.59. The summed E-state index contributed by atoms with van der Waals surface area (Å²) in [4.78, 5) is 0. The third-order valence-electron chi connectivity index (χ3n) is 3.18. The number of hydrogen-bond donors (Lipinski definition) is 1. The molecule has 3 rings (SSSR count). The van der Waals surface area contributed by atoms with E-state index in [4.69, 9.17) is 11.6 Å². The molecule has 100 valence electrons. The van der Waals surface area contributed by atoms with E-state index < -0.39 is 0 Å². The van der Waals surface area contributed by atoms with Crippen molar-refractivity contribution in [1.82, 2.24) is 10.2 Å². The fourth-order valence-corrected chi connectivity index (χ4v) is 2.33. The normalized spacial score (nSPS) is 10.7. The number of hydrogen-bond acceptors (Lipinski definition) is 3. The third kappa shape index (κ3) is 2.73. The molecular weight excluding hydrogens is 270 g/mol. The molecule has 0 atom stereocenters. The molecule has 20 heavy (non-hydrogen) atoms. The van der Waals surface area contributed by atoms with Gasteiger partial charge in [-0.25, -0.2) is 0 Å². The lowest BCUT2D eigenvalue weighted by Gasteiger charge is -2.08. The van der Waals surface area contributed by atoms with Crippen LogP contribution < -0.4 is 5.32 Å². The Labute approximate surface area is 122 Å². The van der Waals surface area contributed by atoms with E-state index in [0.29, 0.717) is 12.4 Å². The van der Waals surface area contributed by atoms with Crippen molar-refractivity contribution >= 4 is 28.2 Å². The number of nitrogens with zero attached hydrogens (tertiary/aromatic N) is 2. The molecule has 0 radical (unpaired) electrons. The second kappa shape index (κ2) is 5.88. The molecule has 0 fully saturated rings. The SMILES string of the molecule is ClCc1cccc(CNc2nncc3ccccc23)c1. The standard InChI is InChI=1S/C16H14ClN3/c17-9-12-4-3-5-13(8-12)10-18-16-15-7-2-1-6-14(15)11-19-20-16/h1-8,11H,9-10H2,(H,18,20). The predicted octanol–water partition coefficient (Wildman–Crippen LogP) is 3.98. The molecule has 0 aliphatic carbocycles. The molecular formula is C16H14ClN3. The van der Waals surface area contributed by atoms with E-state index in [9.17, 15) is 0 Å². The lowest BCUT2D eigenvalue weighted by molar-refractivity contribution is 1.02. The summed E-state index contributed by atoms with van der Waals surface area (Å²) in [6.45, 7) is 0.702. The largest absolute Gasteiger partial charge is 0.364 e. The summed E-state index contributed by atoms with van der Waals surface area (Å²) >= 11 is 5.85. The van der Waals surface area contributed by atoms with Gasteiger partial charge in [0.25, 0.3) is 0 Å². The highest BCUT2D eigenvalue weighted by atomic mass is 35.5. The second-order valence-corrected chi connectivity index (χ2v) is 4.85. The zero-order valence-corrected chi connectivity index (χ0v) is 11.6. The van der Waals surface area contributed by atoms with Gasteiger partial charge in [0, 0.05) is 23.2 Å². The molecule has 0 aliphatic rings. The predicted molar refractivity (Wildman–Crippen MR) is 82.9 cm³/mol. The van der Waals surface area contributed by atoms with Crippen molar-refractivity contribution in [2.24, 2.45) is 0 Å². The van der Waals surface area contributed by atoms with Crippen molar-refractivity contribution < 1.29 is 0 Å². The van der Waals surface area contributed by atoms with Crippen LogP contribution in [0.2, 0.25) is 0 Å². The number of fused-ring (bicyclic) bond motifs is 1. The van der Waals surface area contributed by atoms with Gasteiger partial charge in [0.15, 0.2) is 5.82 Å². The van der Waals surface area contributed by atoms with Gasteiger partial charge in [-0.3, -0.25) is 0 Å². The Morgan fingerprint density at radius 2 is 1.85 bits per heavy atom. The van der Waals surface area contributed by atoms with Gasteiger partial charge in [0.2, 0.25) is 0 Å². The Bertz CT molecular complexity index is 722. The Morgan fingerprint density at radius 1 is 1.00 bits per heavy atom. The average Bonchev–Trinajstić information content (AvgIpc) is 2.53. The summed E-state index contributed by atoms with van der Waals surface area (Å²) in [5.74, 6) is 1.33. The minimum absolute atomic E-state index is 0.530. The van der Waals surface area contributed by atoms with Crippen LogP contribution in [0.3, 0.4) is 0 Å². The number of benzene rings is 2. The molecule has 2 aromatic carbocycles. The molecule has 0 bridgehead atoms. The summed E-state index contributed by atoms with van der Waals surface area (Å²) in [7, 11) is 0. The highest BCUT2D eigenvalue weighted by molar-refractivity contribution is 6.17. The minimum Gasteiger partial charge on any atom is -0.364 e. The molecule has 0 saturated carbocycles. The quantitative estimate of drug-likeness (QED) is 0.736. The molecule has 0 spiro atoms. The summed E-state index contributed by atoms with van der Waals surface area (Å²) < 4.78 is 0. The number of aromatic nitrogens is 2. The fraction of sp³-hybridized carbons (Fsp3) is 0.125. The van der Waals surface area contributed by atoms with Crippen molar-refractivity contribution in [3.05, 3.63) is 65.9 Å². The molecule has 0 unspecified atom stereocenters. The fourth-order valence-electron chi connectivity index (χ4n) is 2.17. The number of anilines is 1. The highest BCUT2D eigenvalue weighted by Crippen LogP contribution is 2.20. The lowest BCUT2D eigenvalue weighted by atomic mass is 10.1. The van der Waals surface area contributed by atoms with Crippen LogP contribution in [0.4, 0.5) is 5.82 Å². The van der Waals surface area contributed by atoms with Crippen LogP contribution in [-0.4, -0.2) is 10.2 Å². The van der Waals surface area contributed by atoms with E-state index >= 15 is 0 Å². The van der Waals surface area contributed by atoms with Crippen LogP contribution >= 0.6 is 11.6 Å². The van der Waals surface area contributed by atoms with Gasteiger partial charge in [-0.15, -0.1) is 16.7 Å².